The number of hydrogen-bond acceptors (Lipinski definition) is 6. The summed E-state index contributed by atoms with van der Waals surface area (Å²) in [6, 6.07) is 29.0. The molecule has 2 heterocycles. The van der Waals surface area contributed by atoms with Crippen LogP contribution in [-0.2, 0) is 22.7 Å². The highest BCUT2D eigenvalue weighted by Gasteiger charge is 2.34. The van der Waals surface area contributed by atoms with Gasteiger partial charge < -0.3 is 14.8 Å². The molecule has 2 amide bonds. The van der Waals surface area contributed by atoms with Crippen molar-refractivity contribution in [3.63, 3.8) is 0 Å². The molecule has 1 N–H and O–H groups in total. The van der Waals surface area contributed by atoms with Crippen molar-refractivity contribution in [3.05, 3.63) is 114 Å². The molecule has 4 aromatic carbocycles. The molecule has 0 saturated heterocycles. The van der Waals surface area contributed by atoms with E-state index in [0.29, 0.717) is 34.8 Å². The van der Waals surface area contributed by atoms with Gasteiger partial charge in [-0.1, -0.05) is 77.5 Å². The number of rotatable bonds is 8. The number of benzene rings is 4. The maximum atomic E-state index is 14.2. The normalized spacial score (nSPS) is 12.7. The van der Waals surface area contributed by atoms with E-state index in [-0.39, 0.29) is 25.2 Å². The number of hydrogen-bond donors (Lipinski definition) is 1. The Bertz CT molecular complexity index is 1670. The lowest BCUT2D eigenvalue weighted by Crippen LogP contribution is -2.45. The molecule has 0 spiro atoms. The molecular formula is C31H27N5O4. The third-order valence-electron chi connectivity index (χ3n) is 6.82. The van der Waals surface area contributed by atoms with Gasteiger partial charge >= 0.3 is 0 Å². The first-order valence-electron chi connectivity index (χ1n) is 12.9. The molecule has 1 aromatic heterocycles. The first-order chi connectivity index (χ1) is 19.6. The predicted octanol–water partition coefficient (Wildman–Crippen LogP) is 4.56. The zero-order chi connectivity index (χ0) is 27.5. The fraction of sp³-hybridized carbons (Fsp3) is 0.161. The molecule has 1 atom stereocenters. The zero-order valence-electron chi connectivity index (χ0n) is 21.9. The van der Waals surface area contributed by atoms with Crippen LogP contribution in [0.1, 0.15) is 22.7 Å². The minimum Gasteiger partial charge on any atom is -0.454 e. The summed E-state index contributed by atoms with van der Waals surface area (Å²) in [5.41, 5.74) is 4.57. The predicted molar refractivity (Wildman–Crippen MR) is 150 cm³/mol. The minimum atomic E-state index is -0.966. The Morgan fingerprint density at radius 3 is 2.50 bits per heavy atom. The van der Waals surface area contributed by atoms with Crippen LogP contribution in [0.15, 0.2) is 97.1 Å². The number of fused-ring (bicyclic) bond motifs is 2. The summed E-state index contributed by atoms with van der Waals surface area (Å²) in [4.78, 5) is 29.7. The molecule has 0 radical (unpaired) electrons. The van der Waals surface area contributed by atoms with Crippen LogP contribution in [0, 0.1) is 6.92 Å². The fourth-order valence-corrected chi connectivity index (χ4v) is 4.76. The molecule has 0 aliphatic carbocycles. The van der Waals surface area contributed by atoms with Crippen LogP contribution in [0.4, 0.5) is 5.69 Å². The third-order valence-corrected chi connectivity index (χ3v) is 6.82. The lowest BCUT2D eigenvalue weighted by molar-refractivity contribution is -0.127. The summed E-state index contributed by atoms with van der Waals surface area (Å²) in [5.74, 6) is 0.435. The molecule has 0 unspecified atom stereocenters. The number of nitrogens with one attached hydrogen (secondary N) is 1. The molecule has 200 valence electrons. The average molecular weight is 534 g/mol. The first kappa shape index (κ1) is 25.1. The molecule has 5 aromatic rings. The quantitative estimate of drug-likeness (QED) is 0.314. The van der Waals surface area contributed by atoms with E-state index >= 15 is 0 Å². The van der Waals surface area contributed by atoms with Crippen molar-refractivity contribution in [2.75, 3.05) is 11.7 Å². The maximum absolute atomic E-state index is 14.2. The largest absolute Gasteiger partial charge is 0.454 e. The summed E-state index contributed by atoms with van der Waals surface area (Å²) in [6.07, 6.45) is 0. The van der Waals surface area contributed by atoms with E-state index in [2.05, 4.69) is 15.6 Å². The summed E-state index contributed by atoms with van der Waals surface area (Å²) < 4.78 is 12.7. The number of para-hydroxylation sites is 1. The molecule has 9 nitrogen and oxygen atoms in total. The van der Waals surface area contributed by atoms with Gasteiger partial charge in [0.15, 0.2) is 11.5 Å². The minimum absolute atomic E-state index is 0.0939. The van der Waals surface area contributed by atoms with E-state index < -0.39 is 6.04 Å². The number of amides is 2. The highest BCUT2D eigenvalue weighted by molar-refractivity contribution is 6.01. The maximum Gasteiger partial charge on any atom is 0.249 e. The first-order valence-corrected chi connectivity index (χ1v) is 12.9. The molecule has 0 saturated carbocycles. The molecule has 0 fully saturated rings. The van der Waals surface area contributed by atoms with Crippen LogP contribution in [0.5, 0.6) is 11.5 Å². The van der Waals surface area contributed by atoms with E-state index in [0.717, 1.165) is 16.6 Å². The highest BCUT2D eigenvalue weighted by atomic mass is 16.7. The number of aromatic nitrogens is 3. The Labute approximate surface area is 230 Å². The molecule has 9 heteroatoms. The van der Waals surface area contributed by atoms with Crippen LogP contribution in [0.2, 0.25) is 0 Å². The van der Waals surface area contributed by atoms with Crippen LogP contribution >= 0.6 is 0 Å². The molecule has 1 aliphatic rings. The van der Waals surface area contributed by atoms with E-state index in [4.69, 9.17) is 9.47 Å². The number of anilines is 1. The van der Waals surface area contributed by atoms with Crippen molar-refractivity contribution < 1.29 is 19.1 Å². The monoisotopic (exact) mass is 533 g/mol. The van der Waals surface area contributed by atoms with E-state index in [1.54, 1.807) is 22.9 Å². The van der Waals surface area contributed by atoms with Crippen LogP contribution in [0.25, 0.3) is 11.0 Å². The Balaban J connectivity index is 1.41. The van der Waals surface area contributed by atoms with Gasteiger partial charge in [0.2, 0.25) is 18.6 Å². The molecule has 1 aliphatic heterocycles. The smallest absolute Gasteiger partial charge is 0.249 e. The van der Waals surface area contributed by atoms with Crippen LogP contribution in [-0.4, -0.2) is 33.6 Å². The van der Waals surface area contributed by atoms with Crippen molar-refractivity contribution >= 4 is 28.5 Å². The van der Waals surface area contributed by atoms with Gasteiger partial charge in [-0.15, -0.1) is 5.10 Å². The number of carbonyl (C=O) groups is 2. The summed E-state index contributed by atoms with van der Waals surface area (Å²) in [6.45, 7) is 2.27. The Morgan fingerprint density at radius 2 is 1.68 bits per heavy atom. The Hall–Kier alpha value is -5.18. The average Bonchev–Trinajstić information content (AvgIpc) is 3.62. The number of aryl methyl sites for hydroxylation is 1. The van der Waals surface area contributed by atoms with E-state index in [9.17, 15) is 9.59 Å². The Morgan fingerprint density at radius 1 is 0.925 bits per heavy atom. The van der Waals surface area contributed by atoms with Crippen molar-refractivity contribution in [2.24, 2.45) is 0 Å². The van der Waals surface area contributed by atoms with E-state index in [1.165, 1.54) is 4.90 Å². The zero-order valence-corrected chi connectivity index (χ0v) is 21.9. The second kappa shape index (κ2) is 10.9. The van der Waals surface area contributed by atoms with Gasteiger partial charge in [0.1, 0.15) is 18.1 Å². The standard InChI is InChI=1S/C31H27N5O4/c1-21-11-13-23(14-12-21)30(31(38)32-18-22-7-3-2-4-8-22)36(24-15-16-27-28(17-24)40-20-39-27)29(37)19-35-26-10-6-5-9-25(26)33-34-35/h2-17,30H,18-20H2,1H3,(H,32,38)/t30-/m0/s1. The van der Waals surface area contributed by atoms with Gasteiger partial charge in [-0.3, -0.25) is 14.5 Å². The summed E-state index contributed by atoms with van der Waals surface area (Å²) >= 11 is 0. The SMILES string of the molecule is Cc1ccc([C@@H](C(=O)NCc2ccccc2)N(C(=O)Cn2nnc3ccccc32)c2ccc3c(c2)OCO3)cc1. The van der Waals surface area contributed by atoms with Crippen molar-refractivity contribution in [1.29, 1.82) is 0 Å². The second-order valence-corrected chi connectivity index (χ2v) is 9.55. The summed E-state index contributed by atoms with van der Waals surface area (Å²) in [7, 11) is 0. The van der Waals surface area contributed by atoms with Crippen molar-refractivity contribution in [3.8, 4) is 11.5 Å². The molecule has 40 heavy (non-hydrogen) atoms. The lowest BCUT2D eigenvalue weighted by Gasteiger charge is -2.32. The number of nitrogens with zero attached hydrogens (tertiary/aromatic N) is 4. The van der Waals surface area contributed by atoms with Gasteiger partial charge in [-0.2, -0.15) is 0 Å². The summed E-state index contributed by atoms with van der Waals surface area (Å²) in [5, 5.41) is 11.4. The highest BCUT2D eigenvalue weighted by Crippen LogP contribution is 2.38. The van der Waals surface area contributed by atoms with Gasteiger partial charge in [-0.25, -0.2) is 4.68 Å². The number of ether oxygens (including phenoxy) is 2. The second-order valence-electron chi connectivity index (χ2n) is 9.55. The third kappa shape index (κ3) is 5.09. The lowest BCUT2D eigenvalue weighted by atomic mass is 10.0. The fourth-order valence-electron chi connectivity index (χ4n) is 4.76. The molecular weight excluding hydrogens is 506 g/mol. The van der Waals surface area contributed by atoms with Gasteiger partial charge in [0.05, 0.1) is 5.52 Å². The van der Waals surface area contributed by atoms with E-state index in [1.807, 2.05) is 85.8 Å². The van der Waals surface area contributed by atoms with Gasteiger partial charge in [0.25, 0.3) is 0 Å². The van der Waals surface area contributed by atoms with Gasteiger partial charge in [0, 0.05) is 18.3 Å². The van der Waals surface area contributed by atoms with Gasteiger partial charge in [-0.05, 0) is 42.3 Å². The Kier molecular flexibility index (Phi) is 6.84. The van der Waals surface area contributed by atoms with Crippen molar-refractivity contribution in [2.45, 2.75) is 26.1 Å². The number of carbonyl (C=O) groups excluding carboxylic acids is 2. The molecule has 0 bridgehead atoms. The molecule has 6 rings (SSSR count). The van der Waals surface area contributed by atoms with Crippen molar-refractivity contribution in [1.82, 2.24) is 20.3 Å². The van der Waals surface area contributed by atoms with Crippen LogP contribution < -0.4 is 19.7 Å². The van der Waals surface area contributed by atoms with Crippen LogP contribution in [0.3, 0.4) is 0 Å². The topological polar surface area (TPSA) is 98.6 Å².